The highest BCUT2D eigenvalue weighted by Gasteiger charge is 2.34. The van der Waals surface area contributed by atoms with Crippen molar-refractivity contribution in [3.05, 3.63) is 94.5 Å². The maximum Gasteiger partial charge on any atom is 0.244 e. The molecular formula is C31H36BrN3O5S. The Labute approximate surface area is 250 Å². The van der Waals surface area contributed by atoms with Crippen LogP contribution in [0, 0.1) is 0 Å². The zero-order valence-corrected chi connectivity index (χ0v) is 25.7. The second-order valence-corrected chi connectivity index (χ2v) is 13.1. The van der Waals surface area contributed by atoms with Gasteiger partial charge in [-0.2, -0.15) is 0 Å². The van der Waals surface area contributed by atoms with Gasteiger partial charge in [-0.05, 0) is 48.2 Å². The summed E-state index contributed by atoms with van der Waals surface area (Å²) in [5.74, 6) is -0.416. The van der Waals surface area contributed by atoms with Gasteiger partial charge in [0.15, 0.2) is 0 Å². The Morgan fingerprint density at radius 2 is 1.63 bits per heavy atom. The van der Waals surface area contributed by atoms with Crippen molar-refractivity contribution >= 4 is 43.5 Å². The van der Waals surface area contributed by atoms with Crippen LogP contribution in [0.25, 0.3) is 0 Å². The van der Waals surface area contributed by atoms with Gasteiger partial charge in [-0.1, -0.05) is 83.4 Å². The number of nitrogens with zero attached hydrogens (tertiary/aromatic N) is 2. The van der Waals surface area contributed by atoms with Gasteiger partial charge < -0.3 is 15.0 Å². The molecule has 1 atom stereocenters. The van der Waals surface area contributed by atoms with E-state index in [1.165, 1.54) is 12.0 Å². The van der Waals surface area contributed by atoms with E-state index in [1.54, 1.807) is 24.3 Å². The molecule has 0 saturated heterocycles. The molecule has 0 spiro atoms. The normalized spacial score (nSPS) is 14.3. The highest BCUT2D eigenvalue weighted by molar-refractivity contribution is 9.10. The van der Waals surface area contributed by atoms with Crippen LogP contribution < -0.4 is 14.4 Å². The molecule has 1 aliphatic rings. The van der Waals surface area contributed by atoms with Gasteiger partial charge >= 0.3 is 0 Å². The number of nitrogens with one attached hydrogen (secondary N) is 1. The van der Waals surface area contributed by atoms with Crippen molar-refractivity contribution in [1.29, 1.82) is 0 Å². The molecule has 1 aliphatic carbocycles. The quantitative estimate of drug-likeness (QED) is 0.303. The number of carbonyl (C=O) groups is 2. The van der Waals surface area contributed by atoms with E-state index < -0.39 is 28.5 Å². The number of hydrogen-bond donors (Lipinski definition) is 1. The molecule has 3 aromatic carbocycles. The molecular weight excluding hydrogens is 606 g/mol. The number of para-hydroxylation sites is 2. The van der Waals surface area contributed by atoms with Crippen LogP contribution in [-0.2, 0) is 32.6 Å². The van der Waals surface area contributed by atoms with Crippen molar-refractivity contribution in [2.24, 2.45) is 0 Å². The maximum absolute atomic E-state index is 14.2. The third-order valence-electron chi connectivity index (χ3n) is 7.25. The smallest absolute Gasteiger partial charge is 0.244 e. The minimum atomic E-state index is -3.88. The summed E-state index contributed by atoms with van der Waals surface area (Å²) < 4.78 is 33.3. The Balaban J connectivity index is 1.74. The number of sulfonamides is 1. The van der Waals surface area contributed by atoms with Gasteiger partial charge in [-0.15, -0.1) is 0 Å². The Bertz CT molecular complexity index is 1440. The standard InChI is InChI=1S/C31H36BrN3O5S/c1-40-29-18-9-8-17-27(29)35(41(2,38)39)22-30(36)34(21-24-13-10-14-25(32)19-24)28(20-23-11-4-3-5-12-23)31(37)33-26-15-6-7-16-26/h3-5,8-14,17-19,26,28H,6-7,15-16,20-22H2,1-2H3,(H,33,37)/t28-/m0/s1. The van der Waals surface area contributed by atoms with Crippen LogP contribution in [-0.4, -0.2) is 57.1 Å². The first-order chi connectivity index (χ1) is 19.7. The van der Waals surface area contributed by atoms with Crippen molar-refractivity contribution in [3.8, 4) is 5.75 Å². The number of anilines is 1. The lowest BCUT2D eigenvalue weighted by atomic mass is 10.0. The van der Waals surface area contributed by atoms with E-state index in [1.807, 2.05) is 54.6 Å². The van der Waals surface area contributed by atoms with Gasteiger partial charge in [0.05, 0.1) is 19.1 Å². The van der Waals surface area contributed by atoms with Gasteiger partial charge in [0.25, 0.3) is 0 Å². The van der Waals surface area contributed by atoms with E-state index in [0.717, 1.165) is 51.8 Å². The topological polar surface area (TPSA) is 96.0 Å². The third-order valence-corrected chi connectivity index (χ3v) is 8.87. The fraction of sp³-hybridized carbons (Fsp3) is 0.355. The van der Waals surface area contributed by atoms with E-state index >= 15 is 0 Å². The molecule has 0 unspecified atom stereocenters. The Morgan fingerprint density at radius 1 is 0.976 bits per heavy atom. The molecule has 2 amide bonds. The lowest BCUT2D eigenvalue weighted by molar-refractivity contribution is -0.140. The molecule has 8 nitrogen and oxygen atoms in total. The molecule has 10 heteroatoms. The summed E-state index contributed by atoms with van der Waals surface area (Å²) >= 11 is 3.50. The molecule has 0 radical (unpaired) electrons. The van der Waals surface area contributed by atoms with Crippen molar-refractivity contribution in [2.45, 2.75) is 50.7 Å². The number of benzene rings is 3. The van der Waals surface area contributed by atoms with Crippen LogP contribution in [0.15, 0.2) is 83.3 Å². The Hall–Kier alpha value is -3.37. The van der Waals surface area contributed by atoms with Crippen LogP contribution in [0.5, 0.6) is 5.75 Å². The summed E-state index contributed by atoms with van der Waals surface area (Å²) in [6, 6.07) is 22.9. The molecule has 1 N–H and O–H groups in total. The number of amides is 2. The number of halogens is 1. The van der Waals surface area contributed by atoms with Gasteiger partial charge in [0.2, 0.25) is 21.8 Å². The van der Waals surface area contributed by atoms with Crippen molar-refractivity contribution in [3.63, 3.8) is 0 Å². The van der Waals surface area contributed by atoms with Gasteiger partial charge in [-0.25, -0.2) is 8.42 Å². The van der Waals surface area contributed by atoms with E-state index in [2.05, 4.69) is 21.2 Å². The number of methoxy groups -OCH3 is 1. The second kappa shape index (κ2) is 14.0. The number of rotatable bonds is 12. The molecule has 41 heavy (non-hydrogen) atoms. The zero-order chi connectivity index (χ0) is 29.4. The summed E-state index contributed by atoms with van der Waals surface area (Å²) in [6.07, 6.45) is 5.25. The first-order valence-electron chi connectivity index (χ1n) is 13.6. The minimum absolute atomic E-state index is 0.0599. The zero-order valence-electron chi connectivity index (χ0n) is 23.3. The fourth-order valence-electron chi connectivity index (χ4n) is 5.18. The van der Waals surface area contributed by atoms with Gasteiger partial charge in [-0.3, -0.25) is 13.9 Å². The molecule has 3 aromatic rings. The fourth-order valence-corrected chi connectivity index (χ4v) is 6.48. The molecule has 0 aliphatic heterocycles. The van der Waals surface area contributed by atoms with E-state index in [-0.39, 0.29) is 30.6 Å². The minimum Gasteiger partial charge on any atom is -0.495 e. The number of carbonyl (C=O) groups excluding carboxylic acids is 2. The average molecular weight is 643 g/mol. The first kappa shape index (κ1) is 30.6. The highest BCUT2D eigenvalue weighted by atomic mass is 79.9. The van der Waals surface area contributed by atoms with Crippen molar-refractivity contribution in [2.75, 3.05) is 24.2 Å². The van der Waals surface area contributed by atoms with Gasteiger partial charge in [0.1, 0.15) is 18.3 Å². The predicted molar refractivity (Wildman–Crippen MR) is 164 cm³/mol. The van der Waals surface area contributed by atoms with Crippen LogP contribution in [0.2, 0.25) is 0 Å². The lowest BCUT2D eigenvalue weighted by Crippen LogP contribution is -2.54. The first-order valence-corrected chi connectivity index (χ1v) is 16.3. The van der Waals surface area contributed by atoms with Gasteiger partial charge in [0, 0.05) is 23.5 Å². The summed E-state index contributed by atoms with van der Waals surface area (Å²) in [5.41, 5.74) is 1.96. The molecule has 218 valence electrons. The summed E-state index contributed by atoms with van der Waals surface area (Å²) in [4.78, 5) is 29.6. The summed E-state index contributed by atoms with van der Waals surface area (Å²) in [6.45, 7) is -0.368. The maximum atomic E-state index is 14.2. The molecule has 1 fully saturated rings. The van der Waals surface area contributed by atoms with Crippen LogP contribution in [0.3, 0.4) is 0 Å². The van der Waals surface area contributed by atoms with Crippen LogP contribution in [0.1, 0.15) is 36.8 Å². The van der Waals surface area contributed by atoms with E-state index in [4.69, 9.17) is 4.74 Å². The van der Waals surface area contributed by atoms with Crippen molar-refractivity contribution in [1.82, 2.24) is 10.2 Å². The van der Waals surface area contributed by atoms with Crippen molar-refractivity contribution < 1.29 is 22.7 Å². The van der Waals surface area contributed by atoms with E-state index in [0.29, 0.717) is 5.75 Å². The molecule has 4 rings (SSSR count). The Kier molecular flexibility index (Phi) is 10.4. The van der Waals surface area contributed by atoms with Crippen LogP contribution in [0.4, 0.5) is 5.69 Å². The third kappa shape index (κ3) is 8.33. The van der Waals surface area contributed by atoms with E-state index in [9.17, 15) is 18.0 Å². The number of hydrogen-bond acceptors (Lipinski definition) is 5. The Morgan fingerprint density at radius 3 is 2.29 bits per heavy atom. The second-order valence-electron chi connectivity index (χ2n) is 10.3. The molecule has 0 heterocycles. The molecule has 1 saturated carbocycles. The largest absolute Gasteiger partial charge is 0.495 e. The predicted octanol–water partition coefficient (Wildman–Crippen LogP) is 4.92. The average Bonchev–Trinajstić information content (AvgIpc) is 3.46. The summed E-state index contributed by atoms with van der Waals surface area (Å²) in [7, 11) is -2.44. The monoisotopic (exact) mass is 641 g/mol. The summed E-state index contributed by atoms with van der Waals surface area (Å²) in [5, 5.41) is 3.17. The molecule has 0 bridgehead atoms. The molecule has 0 aromatic heterocycles. The highest BCUT2D eigenvalue weighted by Crippen LogP contribution is 2.30. The SMILES string of the molecule is COc1ccccc1N(CC(=O)N(Cc1cccc(Br)c1)[C@@H](Cc1ccccc1)C(=O)NC1CCCC1)S(C)(=O)=O. The van der Waals surface area contributed by atoms with Crippen LogP contribution >= 0.6 is 15.9 Å². The number of ether oxygens (including phenoxy) is 1. The lowest BCUT2D eigenvalue weighted by Gasteiger charge is -2.34.